The third kappa shape index (κ3) is 5.48. The van der Waals surface area contributed by atoms with Gasteiger partial charge in [-0.2, -0.15) is 0 Å². The number of hydrogen-bond donors (Lipinski definition) is 1. The summed E-state index contributed by atoms with van der Waals surface area (Å²) in [6, 6.07) is 9.05. The van der Waals surface area contributed by atoms with Crippen LogP contribution in [0.15, 0.2) is 29.3 Å². The highest BCUT2D eigenvalue weighted by Crippen LogP contribution is 2.31. The quantitative estimate of drug-likeness (QED) is 0.405. The Kier molecular flexibility index (Phi) is 7.81. The van der Waals surface area contributed by atoms with Crippen molar-refractivity contribution in [2.45, 2.75) is 31.8 Å². The largest absolute Gasteiger partial charge is 0.496 e. The number of guanidine groups is 1. The number of methoxy groups -OCH3 is 1. The number of nitrogens with one attached hydrogen (secondary N) is 1. The predicted molar refractivity (Wildman–Crippen MR) is 114 cm³/mol. The summed E-state index contributed by atoms with van der Waals surface area (Å²) in [5.74, 6) is 2.61. The Balaban J connectivity index is 0.00000225. The standard InChI is InChI=1S/C19H30N4O.HI/c1-20-19(21-12-15-10-11-23(13-15)17-8-9-17)22(2)14-16-6-4-5-7-18(16)24-3;/h4-7,15,17H,8-14H2,1-3H3,(H,20,21);1H. The molecule has 2 aliphatic rings. The molecular formula is C19H31IN4O. The first-order valence-corrected chi connectivity index (χ1v) is 8.99. The van der Waals surface area contributed by atoms with Crippen molar-refractivity contribution in [3.63, 3.8) is 0 Å². The minimum atomic E-state index is 0. The number of hydrogen-bond acceptors (Lipinski definition) is 3. The lowest BCUT2D eigenvalue weighted by Crippen LogP contribution is -2.41. The van der Waals surface area contributed by atoms with Crippen molar-refractivity contribution in [1.82, 2.24) is 15.1 Å². The Morgan fingerprint density at radius 3 is 2.76 bits per heavy atom. The predicted octanol–water partition coefficient (Wildman–Crippen LogP) is 2.80. The molecule has 1 saturated heterocycles. The van der Waals surface area contributed by atoms with Crippen LogP contribution in [0.4, 0.5) is 0 Å². The van der Waals surface area contributed by atoms with Crippen LogP contribution < -0.4 is 10.1 Å². The van der Waals surface area contributed by atoms with Crippen LogP contribution in [0, 0.1) is 5.92 Å². The third-order valence-electron chi connectivity index (χ3n) is 5.10. The highest BCUT2D eigenvalue weighted by Gasteiger charge is 2.34. The molecule has 140 valence electrons. The van der Waals surface area contributed by atoms with E-state index in [1.807, 2.05) is 25.2 Å². The molecule has 1 saturated carbocycles. The Labute approximate surface area is 168 Å². The molecule has 1 aromatic carbocycles. The summed E-state index contributed by atoms with van der Waals surface area (Å²) in [7, 11) is 5.65. The SMILES string of the molecule is CN=C(NCC1CCN(C2CC2)C1)N(C)Cc1ccccc1OC.I. The van der Waals surface area contributed by atoms with Gasteiger partial charge in [0.1, 0.15) is 5.75 Å². The molecule has 5 nitrogen and oxygen atoms in total. The van der Waals surface area contributed by atoms with Crippen molar-refractivity contribution in [1.29, 1.82) is 0 Å². The van der Waals surface area contributed by atoms with E-state index in [1.54, 1.807) is 7.11 Å². The van der Waals surface area contributed by atoms with Crippen molar-refractivity contribution >= 4 is 29.9 Å². The molecule has 25 heavy (non-hydrogen) atoms. The van der Waals surface area contributed by atoms with E-state index in [4.69, 9.17) is 4.74 Å². The first-order valence-electron chi connectivity index (χ1n) is 8.99. The third-order valence-corrected chi connectivity index (χ3v) is 5.10. The minimum Gasteiger partial charge on any atom is -0.496 e. The van der Waals surface area contributed by atoms with Gasteiger partial charge < -0.3 is 19.9 Å². The smallest absolute Gasteiger partial charge is 0.193 e. The van der Waals surface area contributed by atoms with Crippen LogP contribution in [0.5, 0.6) is 5.75 Å². The molecule has 2 fully saturated rings. The molecule has 1 atom stereocenters. The molecule has 1 aliphatic heterocycles. The second-order valence-electron chi connectivity index (χ2n) is 6.98. The molecule has 1 aromatic rings. The fourth-order valence-corrected chi connectivity index (χ4v) is 3.58. The maximum atomic E-state index is 5.45. The highest BCUT2D eigenvalue weighted by atomic mass is 127. The molecule has 3 rings (SSSR count). The Bertz CT molecular complexity index is 576. The summed E-state index contributed by atoms with van der Waals surface area (Å²) < 4.78 is 5.45. The highest BCUT2D eigenvalue weighted by molar-refractivity contribution is 14.0. The molecule has 0 radical (unpaired) electrons. The maximum Gasteiger partial charge on any atom is 0.193 e. The van der Waals surface area contributed by atoms with Crippen molar-refractivity contribution in [2.75, 3.05) is 40.8 Å². The molecule has 1 heterocycles. The van der Waals surface area contributed by atoms with Gasteiger partial charge in [-0.15, -0.1) is 24.0 Å². The first-order chi connectivity index (χ1) is 11.7. The van der Waals surface area contributed by atoms with E-state index < -0.39 is 0 Å². The lowest BCUT2D eigenvalue weighted by molar-refractivity contribution is 0.313. The Morgan fingerprint density at radius 2 is 2.08 bits per heavy atom. The van der Waals surface area contributed by atoms with Crippen LogP contribution in [-0.4, -0.2) is 62.6 Å². The molecule has 0 bridgehead atoms. The number of likely N-dealkylation sites (tertiary alicyclic amines) is 1. The lowest BCUT2D eigenvalue weighted by atomic mass is 10.1. The average molecular weight is 458 g/mol. The summed E-state index contributed by atoms with van der Waals surface area (Å²) in [5, 5.41) is 3.56. The molecule has 1 aliphatic carbocycles. The summed E-state index contributed by atoms with van der Waals surface area (Å²) in [6.45, 7) is 4.30. The monoisotopic (exact) mass is 458 g/mol. The summed E-state index contributed by atoms with van der Waals surface area (Å²) in [6.07, 6.45) is 4.11. The summed E-state index contributed by atoms with van der Waals surface area (Å²) in [5.41, 5.74) is 1.17. The number of para-hydroxylation sites is 1. The van der Waals surface area contributed by atoms with Crippen molar-refractivity contribution in [3.05, 3.63) is 29.8 Å². The molecule has 0 spiro atoms. The number of benzene rings is 1. The molecule has 1 unspecified atom stereocenters. The maximum absolute atomic E-state index is 5.45. The van der Waals surface area contributed by atoms with Crippen LogP contribution in [0.25, 0.3) is 0 Å². The van der Waals surface area contributed by atoms with E-state index in [2.05, 4.69) is 33.2 Å². The minimum absolute atomic E-state index is 0. The van der Waals surface area contributed by atoms with Crippen LogP contribution in [-0.2, 0) is 6.54 Å². The van der Waals surface area contributed by atoms with Gasteiger partial charge in [0, 0.05) is 45.3 Å². The van der Waals surface area contributed by atoms with Gasteiger partial charge >= 0.3 is 0 Å². The van der Waals surface area contributed by atoms with Crippen LogP contribution in [0.1, 0.15) is 24.8 Å². The number of rotatable bonds is 6. The topological polar surface area (TPSA) is 40.1 Å². The Hall–Kier alpha value is -1.02. The number of nitrogens with zero attached hydrogens (tertiary/aromatic N) is 3. The normalized spacial score (nSPS) is 20.9. The summed E-state index contributed by atoms with van der Waals surface area (Å²) >= 11 is 0. The zero-order valence-corrected chi connectivity index (χ0v) is 17.9. The van der Waals surface area contributed by atoms with Crippen molar-refractivity contribution < 1.29 is 4.74 Å². The molecule has 6 heteroatoms. The lowest BCUT2D eigenvalue weighted by Gasteiger charge is -2.24. The van der Waals surface area contributed by atoms with E-state index in [-0.39, 0.29) is 24.0 Å². The number of aliphatic imine (C=N–C) groups is 1. The van der Waals surface area contributed by atoms with Gasteiger partial charge in [-0.3, -0.25) is 4.99 Å². The first kappa shape index (κ1) is 20.3. The summed E-state index contributed by atoms with van der Waals surface area (Å²) in [4.78, 5) is 9.26. The zero-order chi connectivity index (χ0) is 16.9. The van der Waals surface area contributed by atoms with E-state index in [0.717, 1.165) is 36.8 Å². The van der Waals surface area contributed by atoms with Crippen LogP contribution in [0.2, 0.25) is 0 Å². The van der Waals surface area contributed by atoms with Crippen molar-refractivity contribution in [3.8, 4) is 5.75 Å². The fraction of sp³-hybridized carbons (Fsp3) is 0.632. The van der Waals surface area contributed by atoms with Gasteiger partial charge in [0.2, 0.25) is 0 Å². The Morgan fingerprint density at radius 1 is 1.32 bits per heavy atom. The fourth-order valence-electron chi connectivity index (χ4n) is 3.58. The number of halogens is 1. The van der Waals surface area contributed by atoms with Crippen LogP contribution in [0.3, 0.4) is 0 Å². The molecule has 0 amide bonds. The molecular weight excluding hydrogens is 427 g/mol. The molecule has 1 N–H and O–H groups in total. The van der Waals surface area contributed by atoms with E-state index >= 15 is 0 Å². The van der Waals surface area contributed by atoms with E-state index in [9.17, 15) is 0 Å². The van der Waals surface area contributed by atoms with E-state index in [0.29, 0.717) is 0 Å². The van der Waals surface area contributed by atoms with E-state index in [1.165, 1.54) is 37.9 Å². The van der Waals surface area contributed by atoms with Crippen LogP contribution >= 0.6 is 24.0 Å². The average Bonchev–Trinajstić information content (AvgIpc) is 3.35. The van der Waals surface area contributed by atoms with Crippen molar-refractivity contribution in [2.24, 2.45) is 10.9 Å². The second kappa shape index (κ2) is 9.62. The zero-order valence-electron chi connectivity index (χ0n) is 15.6. The molecule has 0 aromatic heterocycles. The second-order valence-corrected chi connectivity index (χ2v) is 6.98. The van der Waals surface area contributed by atoms with Gasteiger partial charge in [0.15, 0.2) is 5.96 Å². The van der Waals surface area contributed by atoms with Gasteiger partial charge in [-0.1, -0.05) is 18.2 Å². The number of ether oxygens (including phenoxy) is 1. The van der Waals surface area contributed by atoms with Gasteiger partial charge in [-0.25, -0.2) is 0 Å². The van der Waals surface area contributed by atoms with Gasteiger partial charge in [0.05, 0.1) is 7.11 Å². The van der Waals surface area contributed by atoms with Gasteiger partial charge in [0.25, 0.3) is 0 Å². The van der Waals surface area contributed by atoms with Gasteiger partial charge in [-0.05, 0) is 37.8 Å².